The van der Waals surface area contributed by atoms with Gasteiger partial charge in [-0.1, -0.05) is 18.2 Å². The minimum absolute atomic E-state index is 0.0442. The monoisotopic (exact) mass is 382 g/mol. The lowest BCUT2D eigenvalue weighted by Crippen LogP contribution is -2.59. The molecule has 1 aromatic carbocycles. The minimum Gasteiger partial charge on any atom is -0.497 e. The van der Waals surface area contributed by atoms with Crippen LogP contribution in [0.15, 0.2) is 36.1 Å². The van der Waals surface area contributed by atoms with Gasteiger partial charge >= 0.3 is 5.97 Å². The molecule has 2 fully saturated rings. The number of benzene rings is 1. The minimum atomic E-state index is -0.764. The SMILES string of the molecule is COC(=O)C1=COC(C)C2C(=O)N3CCC4(C(=O)Nc5ccccc54)C3CC12. The highest BCUT2D eigenvalue weighted by Gasteiger charge is 2.63. The molecule has 7 nitrogen and oxygen atoms in total. The Morgan fingerprint density at radius 2 is 2.11 bits per heavy atom. The molecule has 2 amide bonds. The second-order valence-electron chi connectivity index (χ2n) is 8.04. The molecule has 5 rings (SSSR count). The number of carbonyl (C=O) groups is 3. The average molecular weight is 382 g/mol. The number of hydrogen-bond acceptors (Lipinski definition) is 5. The summed E-state index contributed by atoms with van der Waals surface area (Å²) >= 11 is 0. The van der Waals surface area contributed by atoms with Crippen LogP contribution in [0.25, 0.3) is 0 Å². The zero-order valence-corrected chi connectivity index (χ0v) is 15.8. The van der Waals surface area contributed by atoms with Gasteiger partial charge in [0.05, 0.1) is 36.3 Å². The van der Waals surface area contributed by atoms with Crippen LogP contribution in [0.2, 0.25) is 0 Å². The largest absolute Gasteiger partial charge is 0.497 e. The van der Waals surface area contributed by atoms with Crippen molar-refractivity contribution in [2.45, 2.75) is 37.3 Å². The molecule has 0 aromatic heterocycles. The van der Waals surface area contributed by atoms with E-state index in [0.29, 0.717) is 25.0 Å². The van der Waals surface area contributed by atoms with Crippen LogP contribution in [-0.2, 0) is 29.3 Å². The number of carbonyl (C=O) groups excluding carboxylic acids is 3. The third-order valence-electron chi connectivity index (χ3n) is 6.97. The van der Waals surface area contributed by atoms with Gasteiger partial charge in [-0.3, -0.25) is 9.59 Å². The molecule has 28 heavy (non-hydrogen) atoms. The first kappa shape index (κ1) is 17.3. The van der Waals surface area contributed by atoms with Gasteiger partial charge in [0.25, 0.3) is 0 Å². The number of esters is 1. The molecule has 4 aliphatic heterocycles. The predicted molar refractivity (Wildman–Crippen MR) is 99.1 cm³/mol. The Balaban J connectivity index is 1.60. The molecule has 2 saturated heterocycles. The van der Waals surface area contributed by atoms with E-state index < -0.39 is 17.3 Å². The van der Waals surface area contributed by atoms with Gasteiger partial charge in [-0.05, 0) is 31.4 Å². The number of ether oxygens (including phenoxy) is 2. The van der Waals surface area contributed by atoms with Crippen molar-refractivity contribution in [3.05, 3.63) is 41.7 Å². The number of methoxy groups -OCH3 is 1. The molecule has 5 unspecified atom stereocenters. The summed E-state index contributed by atoms with van der Waals surface area (Å²) in [5.41, 5.74) is 1.38. The van der Waals surface area contributed by atoms with Crippen LogP contribution in [0, 0.1) is 11.8 Å². The van der Waals surface area contributed by atoms with Crippen molar-refractivity contribution in [2.24, 2.45) is 11.8 Å². The fourth-order valence-corrected chi connectivity index (χ4v) is 5.66. The Labute approximate surface area is 162 Å². The van der Waals surface area contributed by atoms with Crippen LogP contribution in [0.5, 0.6) is 0 Å². The summed E-state index contributed by atoms with van der Waals surface area (Å²) < 4.78 is 10.5. The van der Waals surface area contributed by atoms with Crippen molar-refractivity contribution in [3.8, 4) is 0 Å². The fraction of sp³-hybridized carbons (Fsp3) is 0.476. The number of nitrogens with zero attached hydrogens (tertiary/aromatic N) is 1. The fourth-order valence-electron chi connectivity index (χ4n) is 5.66. The van der Waals surface area contributed by atoms with Crippen molar-refractivity contribution >= 4 is 23.5 Å². The second kappa shape index (κ2) is 5.83. The van der Waals surface area contributed by atoms with E-state index in [1.54, 1.807) is 0 Å². The molecule has 1 N–H and O–H groups in total. The Morgan fingerprint density at radius 3 is 2.89 bits per heavy atom. The summed E-state index contributed by atoms with van der Waals surface area (Å²) in [5.74, 6) is -1.34. The highest BCUT2D eigenvalue weighted by Crippen LogP contribution is 2.54. The maximum Gasteiger partial charge on any atom is 0.337 e. The van der Waals surface area contributed by atoms with E-state index in [9.17, 15) is 14.4 Å². The first-order chi connectivity index (χ1) is 13.5. The molecule has 4 aliphatic rings. The van der Waals surface area contributed by atoms with Gasteiger partial charge in [0.1, 0.15) is 6.10 Å². The lowest BCUT2D eigenvalue weighted by molar-refractivity contribution is -0.152. The maximum absolute atomic E-state index is 13.4. The van der Waals surface area contributed by atoms with Gasteiger partial charge in [-0.25, -0.2) is 4.79 Å². The normalized spacial score (nSPS) is 35.5. The second-order valence-corrected chi connectivity index (χ2v) is 8.04. The van der Waals surface area contributed by atoms with Gasteiger partial charge in [0.2, 0.25) is 11.8 Å². The summed E-state index contributed by atoms with van der Waals surface area (Å²) in [5, 5.41) is 3.00. The zero-order valence-electron chi connectivity index (χ0n) is 15.8. The Bertz CT molecular complexity index is 925. The lowest BCUT2D eigenvalue weighted by atomic mass is 9.66. The first-order valence-electron chi connectivity index (χ1n) is 9.64. The topological polar surface area (TPSA) is 84.9 Å². The molecule has 0 radical (unpaired) electrons. The smallest absolute Gasteiger partial charge is 0.337 e. The molecule has 4 heterocycles. The molecule has 0 aliphatic carbocycles. The van der Waals surface area contributed by atoms with Gasteiger partial charge in [0, 0.05) is 18.2 Å². The predicted octanol–water partition coefficient (Wildman–Crippen LogP) is 1.59. The Morgan fingerprint density at radius 1 is 1.32 bits per heavy atom. The molecular weight excluding hydrogens is 360 g/mol. The van der Waals surface area contributed by atoms with Crippen molar-refractivity contribution in [1.82, 2.24) is 4.90 Å². The number of rotatable bonds is 1. The molecule has 146 valence electrons. The van der Waals surface area contributed by atoms with E-state index in [1.165, 1.54) is 13.4 Å². The number of fused-ring (bicyclic) bond motifs is 5. The molecule has 1 spiro atoms. The van der Waals surface area contributed by atoms with Gasteiger partial charge in [-0.2, -0.15) is 0 Å². The highest BCUT2D eigenvalue weighted by molar-refractivity contribution is 6.08. The molecular formula is C21H22N2O5. The molecule has 0 saturated carbocycles. The van der Waals surface area contributed by atoms with Crippen LogP contribution >= 0.6 is 0 Å². The van der Waals surface area contributed by atoms with E-state index >= 15 is 0 Å². The highest BCUT2D eigenvalue weighted by atomic mass is 16.5. The van der Waals surface area contributed by atoms with Crippen molar-refractivity contribution in [1.29, 1.82) is 0 Å². The van der Waals surface area contributed by atoms with Crippen LogP contribution in [0.3, 0.4) is 0 Å². The Hall–Kier alpha value is -2.83. The van der Waals surface area contributed by atoms with E-state index in [2.05, 4.69) is 5.32 Å². The molecule has 0 bridgehead atoms. The summed E-state index contributed by atoms with van der Waals surface area (Å²) in [6.07, 6.45) is 2.23. The van der Waals surface area contributed by atoms with E-state index in [0.717, 1.165) is 11.3 Å². The number of hydrogen-bond donors (Lipinski definition) is 1. The van der Waals surface area contributed by atoms with E-state index in [4.69, 9.17) is 9.47 Å². The summed E-state index contributed by atoms with van der Waals surface area (Å²) in [7, 11) is 1.32. The number of nitrogens with one attached hydrogen (secondary N) is 1. The first-order valence-corrected chi connectivity index (χ1v) is 9.64. The third kappa shape index (κ3) is 2.02. The summed E-state index contributed by atoms with van der Waals surface area (Å²) in [4.78, 5) is 40.7. The Kier molecular flexibility index (Phi) is 3.60. The molecule has 7 heteroatoms. The maximum atomic E-state index is 13.4. The van der Waals surface area contributed by atoms with Crippen LogP contribution in [0.1, 0.15) is 25.3 Å². The van der Waals surface area contributed by atoms with Crippen LogP contribution in [0.4, 0.5) is 5.69 Å². The quantitative estimate of drug-likeness (QED) is 0.746. The number of para-hydroxylation sites is 1. The molecule has 5 atom stereocenters. The van der Waals surface area contributed by atoms with E-state index in [1.807, 2.05) is 36.1 Å². The van der Waals surface area contributed by atoms with Gasteiger partial charge in [-0.15, -0.1) is 0 Å². The van der Waals surface area contributed by atoms with Crippen molar-refractivity contribution < 1.29 is 23.9 Å². The van der Waals surface area contributed by atoms with Crippen LogP contribution < -0.4 is 5.32 Å². The third-order valence-corrected chi connectivity index (χ3v) is 6.97. The lowest BCUT2D eigenvalue weighted by Gasteiger charge is -2.47. The standard InChI is InChI=1S/C21H22N2O5/c1-11-17-12(13(10-28-11)19(25)27-2)9-16-21(7-8-23(16)18(17)24)14-5-3-4-6-15(14)22-20(21)26/h3-6,10-12,16-17H,7-9H2,1-2H3,(H,22,26). The summed E-state index contributed by atoms with van der Waals surface area (Å²) in [6.45, 7) is 2.38. The van der Waals surface area contributed by atoms with E-state index in [-0.39, 0.29) is 29.9 Å². The average Bonchev–Trinajstić information content (AvgIpc) is 3.21. The molecule has 1 aromatic rings. The van der Waals surface area contributed by atoms with Crippen LogP contribution in [-0.4, -0.2) is 48.5 Å². The van der Waals surface area contributed by atoms with Gasteiger partial charge in [0.15, 0.2) is 0 Å². The van der Waals surface area contributed by atoms with Crippen molar-refractivity contribution in [2.75, 3.05) is 19.0 Å². The number of amides is 2. The van der Waals surface area contributed by atoms with Gasteiger partial charge < -0.3 is 19.7 Å². The summed E-state index contributed by atoms with van der Waals surface area (Å²) in [6, 6.07) is 7.40. The number of anilines is 1. The number of piperidine rings is 1. The van der Waals surface area contributed by atoms with Crippen molar-refractivity contribution in [3.63, 3.8) is 0 Å². The zero-order chi connectivity index (χ0) is 19.6.